The van der Waals surface area contributed by atoms with E-state index in [9.17, 15) is 4.79 Å². The van der Waals surface area contributed by atoms with Gasteiger partial charge in [-0.1, -0.05) is 45.4 Å². The summed E-state index contributed by atoms with van der Waals surface area (Å²) in [7, 11) is 0. The molecule has 0 aliphatic carbocycles. The smallest absolute Gasteiger partial charge is 0.369 e. The minimum Gasteiger partial charge on any atom is -0.493 e. The number of rotatable bonds is 5. The Bertz CT molecular complexity index is 701. The Morgan fingerprint density at radius 1 is 1.23 bits per heavy atom. The molecule has 0 heterocycles. The maximum absolute atomic E-state index is 12.1. The van der Waals surface area contributed by atoms with Gasteiger partial charge in [0.15, 0.2) is 5.84 Å². The van der Waals surface area contributed by atoms with Crippen LogP contribution in [0.4, 0.5) is 0 Å². The molecule has 2 rings (SSSR count). The normalized spacial score (nSPS) is 11.1. The van der Waals surface area contributed by atoms with Crippen molar-refractivity contribution in [3.63, 3.8) is 0 Å². The van der Waals surface area contributed by atoms with Crippen molar-refractivity contribution in [1.82, 2.24) is 0 Å². The third-order valence-corrected chi connectivity index (χ3v) is 3.25. The first-order chi connectivity index (χ1) is 10.6. The summed E-state index contributed by atoms with van der Waals surface area (Å²) in [6.45, 7) is 2.29. The second kappa shape index (κ2) is 7.61. The van der Waals surface area contributed by atoms with Crippen LogP contribution in [0, 0.1) is 0 Å². The molecule has 6 heteroatoms. The van der Waals surface area contributed by atoms with Crippen LogP contribution in [0.5, 0.6) is 5.75 Å². The minimum absolute atomic E-state index is 0.114. The minimum atomic E-state index is -0.623. The quantitative estimate of drug-likeness (QED) is 0.383. The third-order valence-electron chi connectivity index (χ3n) is 2.75. The molecule has 22 heavy (non-hydrogen) atoms. The van der Waals surface area contributed by atoms with E-state index < -0.39 is 5.97 Å². The van der Waals surface area contributed by atoms with Crippen LogP contribution in [-0.2, 0) is 4.84 Å². The van der Waals surface area contributed by atoms with Crippen molar-refractivity contribution in [3.05, 3.63) is 64.1 Å². The van der Waals surface area contributed by atoms with Crippen molar-refractivity contribution >= 4 is 27.7 Å². The van der Waals surface area contributed by atoms with Gasteiger partial charge in [0.05, 0.1) is 6.61 Å². The van der Waals surface area contributed by atoms with Gasteiger partial charge in [-0.05, 0) is 31.2 Å². The topological polar surface area (TPSA) is 73.9 Å². The van der Waals surface area contributed by atoms with E-state index in [2.05, 4.69) is 21.1 Å². The largest absolute Gasteiger partial charge is 0.493 e. The highest BCUT2D eigenvalue weighted by Crippen LogP contribution is 2.19. The van der Waals surface area contributed by atoms with Gasteiger partial charge in [0, 0.05) is 10.0 Å². The summed E-state index contributed by atoms with van der Waals surface area (Å²) in [6, 6.07) is 14.0. The number of hydrogen-bond donors (Lipinski definition) is 1. The molecule has 0 atom stereocenters. The summed E-state index contributed by atoms with van der Waals surface area (Å²) in [5.74, 6) is -0.0586. The van der Waals surface area contributed by atoms with Gasteiger partial charge in [-0.3, -0.25) is 0 Å². The van der Waals surface area contributed by atoms with E-state index in [1.54, 1.807) is 36.4 Å². The number of amidine groups is 1. The zero-order chi connectivity index (χ0) is 15.9. The number of nitrogens with zero attached hydrogens (tertiary/aromatic N) is 1. The summed E-state index contributed by atoms with van der Waals surface area (Å²) in [4.78, 5) is 17.0. The monoisotopic (exact) mass is 362 g/mol. The second-order valence-electron chi connectivity index (χ2n) is 4.29. The van der Waals surface area contributed by atoms with E-state index in [4.69, 9.17) is 15.3 Å². The molecule has 2 N–H and O–H groups in total. The Balaban J connectivity index is 2.14. The molecule has 0 unspecified atom stereocenters. The van der Waals surface area contributed by atoms with Gasteiger partial charge in [-0.25, -0.2) is 4.79 Å². The number of ether oxygens (including phenoxy) is 1. The van der Waals surface area contributed by atoms with E-state index >= 15 is 0 Å². The van der Waals surface area contributed by atoms with Gasteiger partial charge < -0.3 is 15.3 Å². The molecule has 0 aliphatic rings. The van der Waals surface area contributed by atoms with Crippen LogP contribution in [0.3, 0.4) is 0 Å². The first kappa shape index (κ1) is 16.0. The van der Waals surface area contributed by atoms with Crippen molar-refractivity contribution in [3.8, 4) is 5.75 Å². The molecule has 2 aromatic rings. The van der Waals surface area contributed by atoms with Gasteiger partial charge in [-0.15, -0.1) is 0 Å². The number of hydrogen-bond acceptors (Lipinski definition) is 4. The SMILES string of the molecule is CCOc1ccccc1C(=O)ON=C(N)c1cccc(Br)c1. The highest BCUT2D eigenvalue weighted by Gasteiger charge is 2.14. The zero-order valence-electron chi connectivity index (χ0n) is 12.0. The van der Waals surface area contributed by atoms with E-state index in [1.807, 2.05) is 19.1 Å². The molecular formula is C16H15BrN2O3. The Morgan fingerprint density at radius 2 is 2.00 bits per heavy atom. The fourth-order valence-corrected chi connectivity index (χ4v) is 2.16. The number of halogens is 1. The van der Waals surface area contributed by atoms with Crippen molar-refractivity contribution in [2.24, 2.45) is 10.9 Å². The fraction of sp³-hybridized carbons (Fsp3) is 0.125. The molecule has 0 radical (unpaired) electrons. The predicted molar refractivity (Wildman–Crippen MR) is 87.9 cm³/mol. The second-order valence-corrected chi connectivity index (χ2v) is 5.21. The number of nitrogens with two attached hydrogens (primary N) is 1. The van der Waals surface area contributed by atoms with E-state index in [-0.39, 0.29) is 5.84 Å². The van der Waals surface area contributed by atoms with Gasteiger partial charge in [0.25, 0.3) is 0 Å². The van der Waals surface area contributed by atoms with Crippen molar-refractivity contribution in [1.29, 1.82) is 0 Å². The Morgan fingerprint density at radius 3 is 2.73 bits per heavy atom. The van der Waals surface area contributed by atoms with Gasteiger partial charge in [0.2, 0.25) is 0 Å². The molecule has 5 nitrogen and oxygen atoms in total. The Labute approximate surface area is 136 Å². The predicted octanol–water partition coefficient (Wildman–Crippen LogP) is 3.33. The standard InChI is InChI=1S/C16H15BrN2O3/c1-2-21-14-9-4-3-8-13(14)16(20)22-19-15(18)11-6-5-7-12(17)10-11/h3-10H,2H2,1H3,(H2,18,19). The molecule has 0 aromatic heterocycles. The molecule has 114 valence electrons. The van der Waals surface area contributed by atoms with Gasteiger partial charge in [0.1, 0.15) is 11.3 Å². The highest BCUT2D eigenvalue weighted by atomic mass is 79.9. The van der Waals surface area contributed by atoms with Crippen molar-refractivity contribution in [2.45, 2.75) is 6.92 Å². The average molecular weight is 363 g/mol. The van der Waals surface area contributed by atoms with Crippen LogP contribution in [0.15, 0.2) is 58.2 Å². The molecule has 0 fully saturated rings. The summed E-state index contributed by atoms with van der Waals surface area (Å²) in [5, 5.41) is 3.68. The van der Waals surface area contributed by atoms with Crippen LogP contribution in [0.25, 0.3) is 0 Å². The first-order valence-corrected chi connectivity index (χ1v) is 7.43. The summed E-state index contributed by atoms with van der Waals surface area (Å²) in [6.07, 6.45) is 0. The van der Waals surface area contributed by atoms with E-state index in [0.717, 1.165) is 4.47 Å². The van der Waals surface area contributed by atoms with E-state index in [1.165, 1.54) is 0 Å². The number of para-hydroxylation sites is 1. The summed E-state index contributed by atoms with van der Waals surface area (Å²) < 4.78 is 6.24. The third kappa shape index (κ3) is 4.08. The lowest BCUT2D eigenvalue weighted by Gasteiger charge is -2.07. The van der Waals surface area contributed by atoms with Crippen LogP contribution in [0.2, 0.25) is 0 Å². The maximum Gasteiger partial charge on any atom is 0.369 e. The van der Waals surface area contributed by atoms with Crippen LogP contribution < -0.4 is 10.5 Å². The molecule has 2 aromatic carbocycles. The van der Waals surface area contributed by atoms with Crippen molar-refractivity contribution < 1.29 is 14.4 Å². The van der Waals surface area contributed by atoms with Gasteiger partial charge in [-0.2, -0.15) is 0 Å². The first-order valence-electron chi connectivity index (χ1n) is 6.64. The number of benzene rings is 2. The lowest BCUT2D eigenvalue weighted by Crippen LogP contribution is -2.15. The van der Waals surface area contributed by atoms with Crippen LogP contribution in [0.1, 0.15) is 22.8 Å². The van der Waals surface area contributed by atoms with Crippen LogP contribution >= 0.6 is 15.9 Å². The number of carbonyl (C=O) groups is 1. The molecular weight excluding hydrogens is 348 g/mol. The van der Waals surface area contributed by atoms with E-state index in [0.29, 0.717) is 23.5 Å². The molecule has 0 aliphatic heterocycles. The van der Waals surface area contributed by atoms with Crippen molar-refractivity contribution in [2.75, 3.05) is 6.61 Å². The van der Waals surface area contributed by atoms with Gasteiger partial charge >= 0.3 is 5.97 Å². The zero-order valence-corrected chi connectivity index (χ0v) is 13.5. The fourth-order valence-electron chi connectivity index (χ4n) is 1.76. The lowest BCUT2D eigenvalue weighted by molar-refractivity contribution is 0.0511. The molecule has 0 bridgehead atoms. The molecule has 0 saturated heterocycles. The molecule has 0 amide bonds. The Kier molecular flexibility index (Phi) is 5.55. The summed E-state index contributed by atoms with van der Waals surface area (Å²) >= 11 is 3.34. The molecule has 0 spiro atoms. The molecule has 0 saturated carbocycles. The Hall–Kier alpha value is -2.34. The summed E-state index contributed by atoms with van der Waals surface area (Å²) in [5.41, 5.74) is 6.76. The highest BCUT2D eigenvalue weighted by molar-refractivity contribution is 9.10. The number of oxime groups is 1. The average Bonchev–Trinajstić information content (AvgIpc) is 2.53. The maximum atomic E-state index is 12.1. The number of carbonyl (C=O) groups excluding carboxylic acids is 1. The van der Waals surface area contributed by atoms with Crippen LogP contribution in [-0.4, -0.2) is 18.4 Å². The lowest BCUT2D eigenvalue weighted by atomic mass is 10.2.